The molecule has 5 nitrogen and oxygen atoms in total. The van der Waals surface area contributed by atoms with E-state index in [0.29, 0.717) is 11.4 Å². The summed E-state index contributed by atoms with van der Waals surface area (Å²) in [6, 6.07) is 22.1. The van der Waals surface area contributed by atoms with Crippen molar-refractivity contribution in [2.75, 3.05) is 13.1 Å². The summed E-state index contributed by atoms with van der Waals surface area (Å²) in [5, 5.41) is 0. The first-order chi connectivity index (χ1) is 16.1. The predicted molar refractivity (Wildman–Crippen MR) is 133 cm³/mol. The van der Waals surface area contributed by atoms with E-state index in [4.69, 9.17) is 10.5 Å². The lowest BCUT2D eigenvalue weighted by Gasteiger charge is -2.22. The average Bonchev–Trinajstić information content (AvgIpc) is 2.84. The van der Waals surface area contributed by atoms with Crippen LogP contribution in [0.2, 0.25) is 0 Å². The van der Waals surface area contributed by atoms with Gasteiger partial charge in [0, 0.05) is 25.4 Å². The Hall–Kier alpha value is -3.18. The van der Waals surface area contributed by atoms with E-state index in [9.17, 15) is 4.79 Å². The third kappa shape index (κ3) is 8.70. The Morgan fingerprint density at radius 2 is 1.64 bits per heavy atom. The number of unbranched alkanes of at least 4 members (excludes halogenated alkanes) is 4. The van der Waals surface area contributed by atoms with Crippen LogP contribution in [-0.4, -0.2) is 28.9 Å². The second-order valence-corrected chi connectivity index (χ2v) is 8.42. The number of primary amides is 1. The monoisotopic (exact) mass is 445 g/mol. The highest BCUT2D eigenvalue weighted by Crippen LogP contribution is 2.20. The van der Waals surface area contributed by atoms with Gasteiger partial charge in [-0.25, -0.2) is 4.98 Å². The SMILES string of the molecule is CCCCCCCN(CCc1ccc(Oc2ccc(C(N)=O)cn2)cc1)Cc1ccccc1. The van der Waals surface area contributed by atoms with E-state index in [-0.39, 0.29) is 0 Å². The molecule has 0 aliphatic heterocycles. The number of aromatic nitrogens is 1. The Balaban J connectivity index is 1.52. The van der Waals surface area contributed by atoms with Crippen molar-refractivity contribution in [1.82, 2.24) is 9.88 Å². The number of ether oxygens (including phenoxy) is 1. The Labute approximate surface area is 197 Å². The van der Waals surface area contributed by atoms with Gasteiger partial charge in [-0.15, -0.1) is 0 Å². The van der Waals surface area contributed by atoms with Crippen molar-refractivity contribution in [3.05, 3.63) is 89.6 Å². The lowest BCUT2D eigenvalue weighted by atomic mass is 10.1. The van der Waals surface area contributed by atoms with Gasteiger partial charge in [0.2, 0.25) is 11.8 Å². The van der Waals surface area contributed by atoms with Gasteiger partial charge < -0.3 is 10.5 Å². The topological polar surface area (TPSA) is 68.5 Å². The molecule has 0 atom stereocenters. The van der Waals surface area contributed by atoms with Crippen molar-refractivity contribution in [2.45, 2.75) is 52.0 Å². The number of amides is 1. The third-order valence-electron chi connectivity index (χ3n) is 5.71. The fraction of sp³-hybridized carbons (Fsp3) is 0.357. The molecule has 0 radical (unpaired) electrons. The van der Waals surface area contributed by atoms with Gasteiger partial charge >= 0.3 is 0 Å². The summed E-state index contributed by atoms with van der Waals surface area (Å²) in [4.78, 5) is 17.9. The molecule has 0 fully saturated rings. The van der Waals surface area contributed by atoms with Crippen LogP contribution in [0.3, 0.4) is 0 Å². The van der Waals surface area contributed by atoms with Crippen molar-refractivity contribution in [3.63, 3.8) is 0 Å². The van der Waals surface area contributed by atoms with Crippen LogP contribution in [0.25, 0.3) is 0 Å². The number of hydrogen-bond acceptors (Lipinski definition) is 4. The maximum Gasteiger partial charge on any atom is 0.250 e. The van der Waals surface area contributed by atoms with Gasteiger partial charge in [-0.2, -0.15) is 0 Å². The summed E-state index contributed by atoms with van der Waals surface area (Å²) >= 11 is 0. The van der Waals surface area contributed by atoms with Crippen LogP contribution in [0.4, 0.5) is 0 Å². The summed E-state index contributed by atoms with van der Waals surface area (Å²) < 4.78 is 5.78. The number of carbonyl (C=O) groups excluding carboxylic acids is 1. The molecule has 0 aliphatic rings. The molecule has 1 aromatic heterocycles. The first-order valence-electron chi connectivity index (χ1n) is 11.9. The van der Waals surface area contributed by atoms with Gasteiger partial charge in [0.25, 0.3) is 0 Å². The van der Waals surface area contributed by atoms with E-state index in [0.717, 1.165) is 31.8 Å². The Morgan fingerprint density at radius 3 is 2.30 bits per heavy atom. The van der Waals surface area contributed by atoms with Crippen LogP contribution in [-0.2, 0) is 13.0 Å². The molecule has 0 bridgehead atoms. The summed E-state index contributed by atoms with van der Waals surface area (Å²) in [5.41, 5.74) is 8.26. The predicted octanol–water partition coefficient (Wildman–Crippen LogP) is 5.99. The Kier molecular flexibility index (Phi) is 9.92. The summed E-state index contributed by atoms with van der Waals surface area (Å²) in [6.45, 7) is 5.41. The fourth-order valence-corrected chi connectivity index (χ4v) is 3.77. The van der Waals surface area contributed by atoms with Crippen molar-refractivity contribution < 1.29 is 9.53 Å². The minimum Gasteiger partial charge on any atom is -0.439 e. The highest BCUT2D eigenvalue weighted by Gasteiger charge is 2.08. The van der Waals surface area contributed by atoms with Gasteiger partial charge in [0.1, 0.15) is 5.75 Å². The molecule has 1 heterocycles. The maximum atomic E-state index is 11.2. The number of pyridine rings is 1. The quantitative estimate of drug-likeness (QED) is 0.310. The van der Waals surface area contributed by atoms with E-state index in [2.05, 4.69) is 59.3 Å². The van der Waals surface area contributed by atoms with Crippen molar-refractivity contribution in [3.8, 4) is 11.6 Å². The van der Waals surface area contributed by atoms with Gasteiger partial charge in [-0.3, -0.25) is 9.69 Å². The molecular weight excluding hydrogens is 410 g/mol. The summed E-state index contributed by atoms with van der Waals surface area (Å²) in [7, 11) is 0. The van der Waals surface area contributed by atoms with Gasteiger partial charge in [0.15, 0.2) is 0 Å². The molecule has 0 saturated carbocycles. The molecule has 3 rings (SSSR count). The molecular formula is C28H35N3O2. The molecule has 5 heteroatoms. The molecule has 0 unspecified atom stereocenters. The normalized spacial score (nSPS) is 11.0. The first-order valence-corrected chi connectivity index (χ1v) is 11.9. The van der Waals surface area contributed by atoms with Crippen LogP contribution < -0.4 is 10.5 Å². The Bertz CT molecular complexity index is 957. The van der Waals surface area contributed by atoms with E-state index in [1.165, 1.54) is 49.4 Å². The minimum absolute atomic E-state index is 0.364. The highest BCUT2D eigenvalue weighted by molar-refractivity contribution is 5.92. The third-order valence-corrected chi connectivity index (χ3v) is 5.71. The lowest BCUT2D eigenvalue weighted by Crippen LogP contribution is -2.27. The van der Waals surface area contributed by atoms with Gasteiger partial charge in [0.05, 0.1) is 5.56 Å². The molecule has 0 spiro atoms. The summed E-state index contributed by atoms with van der Waals surface area (Å²) in [5.74, 6) is 0.653. The number of nitrogens with zero attached hydrogens (tertiary/aromatic N) is 2. The molecule has 0 aliphatic carbocycles. The molecule has 3 aromatic rings. The second kappa shape index (κ2) is 13.4. The van der Waals surface area contributed by atoms with Crippen molar-refractivity contribution >= 4 is 5.91 Å². The molecule has 174 valence electrons. The molecule has 2 aromatic carbocycles. The molecule has 1 amide bonds. The van der Waals surface area contributed by atoms with Crippen LogP contribution in [0.5, 0.6) is 11.6 Å². The zero-order valence-electron chi connectivity index (χ0n) is 19.6. The van der Waals surface area contributed by atoms with Crippen molar-refractivity contribution in [2.24, 2.45) is 5.73 Å². The fourth-order valence-electron chi connectivity index (χ4n) is 3.77. The maximum absolute atomic E-state index is 11.2. The minimum atomic E-state index is -0.499. The van der Waals surface area contributed by atoms with Crippen LogP contribution in [0, 0.1) is 0 Å². The largest absolute Gasteiger partial charge is 0.439 e. The Morgan fingerprint density at radius 1 is 0.879 bits per heavy atom. The smallest absolute Gasteiger partial charge is 0.250 e. The van der Waals surface area contributed by atoms with E-state index < -0.39 is 5.91 Å². The van der Waals surface area contributed by atoms with Crippen LogP contribution in [0.15, 0.2) is 72.9 Å². The molecule has 0 saturated heterocycles. The molecule has 33 heavy (non-hydrogen) atoms. The lowest BCUT2D eigenvalue weighted by molar-refractivity contribution is 0.1000. The second-order valence-electron chi connectivity index (χ2n) is 8.42. The molecule has 2 N–H and O–H groups in total. The number of nitrogens with two attached hydrogens (primary N) is 1. The van der Waals surface area contributed by atoms with Gasteiger partial charge in [-0.05, 0) is 48.7 Å². The highest BCUT2D eigenvalue weighted by atomic mass is 16.5. The summed E-state index contributed by atoms with van der Waals surface area (Å²) in [6.07, 6.45) is 8.92. The standard InChI is InChI=1S/C28H35N3O2/c1-2-3-4-5-9-19-31(22-24-10-7-6-8-11-24)20-18-23-12-15-26(16-13-23)33-27-17-14-25(21-30-27)28(29)32/h6-8,10-17,21H,2-5,9,18-20,22H2,1H3,(H2,29,32). The number of rotatable bonds is 14. The first kappa shape index (κ1) is 24.5. The zero-order chi connectivity index (χ0) is 23.3. The van der Waals surface area contributed by atoms with E-state index in [1.807, 2.05) is 12.1 Å². The van der Waals surface area contributed by atoms with E-state index >= 15 is 0 Å². The number of carbonyl (C=O) groups is 1. The number of benzene rings is 2. The number of hydrogen-bond donors (Lipinski definition) is 1. The van der Waals surface area contributed by atoms with E-state index in [1.54, 1.807) is 12.1 Å². The van der Waals surface area contributed by atoms with Gasteiger partial charge in [-0.1, -0.05) is 75.1 Å². The van der Waals surface area contributed by atoms with Crippen LogP contribution >= 0.6 is 0 Å². The van der Waals surface area contributed by atoms with Crippen LogP contribution in [0.1, 0.15) is 60.5 Å². The zero-order valence-corrected chi connectivity index (χ0v) is 19.6. The van der Waals surface area contributed by atoms with Crippen molar-refractivity contribution in [1.29, 1.82) is 0 Å². The average molecular weight is 446 g/mol.